The van der Waals surface area contributed by atoms with Crippen molar-refractivity contribution in [2.45, 2.75) is 50.9 Å². The summed E-state index contributed by atoms with van der Waals surface area (Å²) < 4.78 is 1.58. The van der Waals surface area contributed by atoms with E-state index in [0.29, 0.717) is 30.2 Å². The van der Waals surface area contributed by atoms with E-state index in [1.807, 2.05) is 11.9 Å². The molecule has 156 valence electrons. The Morgan fingerprint density at radius 1 is 1.21 bits per heavy atom. The first-order chi connectivity index (χ1) is 13.8. The van der Waals surface area contributed by atoms with Crippen molar-refractivity contribution in [3.63, 3.8) is 0 Å². The molecule has 1 aliphatic rings. The number of aliphatic hydroxyl groups is 1. The van der Waals surface area contributed by atoms with Crippen molar-refractivity contribution in [3.8, 4) is 0 Å². The molecule has 6 nitrogen and oxygen atoms in total. The quantitative estimate of drug-likeness (QED) is 0.691. The van der Waals surface area contributed by atoms with Crippen molar-refractivity contribution in [2.24, 2.45) is 0 Å². The van der Waals surface area contributed by atoms with Gasteiger partial charge in [0.1, 0.15) is 5.02 Å². The molecule has 1 aliphatic carbocycles. The number of aliphatic hydroxyl groups excluding tert-OH is 1. The van der Waals surface area contributed by atoms with E-state index in [1.54, 1.807) is 28.8 Å². The average molecular weight is 439 g/mol. The number of halogens is 2. The minimum Gasteiger partial charge on any atom is -0.478 e. The van der Waals surface area contributed by atoms with E-state index in [0.717, 1.165) is 24.8 Å². The molecule has 0 unspecified atom stereocenters. The van der Waals surface area contributed by atoms with E-state index >= 15 is 0 Å². The van der Waals surface area contributed by atoms with Crippen molar-refractivity contribution in [2.75, 3.05) is 7.05 Å². The Bertz CT molecular complexity index is 943. The smallest absolute Gasteiger partial charge is 0.335 e. The lowest BCUT2D eigenvalue weighted by atomic mass is 10.1. The first kappa shape index (κ1) is 21.8. The third kappa shape index (κ3) is 5.01. The third-order valence-electron chi connectivity index (χ3n) is 5.54. The van der Waals surface area contributed by atoms with Gasteiger partial charge in [-0.2, -0.15) is 0 Å². The highest BCUT2D eigenvalue weighted by molar-refractivity contribution is 6.34. The largest absolute Gasteiger partial charge is 0.478 e. The van der Waals surface area contributed by atoms with Gasteiger partial charge in [0.2, 0.25) is 0 Å². The van der Waals surface area contributed by atoms with Crippen molar-refractivity contribution in [3.05, 3.63) is 67.6 Å². The van der Waals surface area contributed by atoms with Crippen LogP contribution in [-0.2, 0) is 19.5 Å². The van der Waals surface area contributed by atoms with Gasteiger partial charge in [-0.05, 0) is 56.5 Å². The number of likely N-dealkylation sites (N-methyl/N-ethyl adjacent to an activating group) is 1. The standard InChI is InChI=1S/C21H24Cl2N2O4/c1-24(17-3-2-4-19(17)26)12-18-15(22)11-16(23)20(27)25(18)10-9-13-5-7-14(8-6-13)21(28)29/h5-8,11,17,19,26H,2-4,9-10,12H2,1H3,(H,28,29)/t17-,19-/m1/s1. The van der Waals surface area contributed by atoms with Gasteiger partial charge in [-0.15, -0.1) is 0 Å². The molecule has 0 saturated heterocycles. The summed E-state index contributed by atoms with van der Waals surface area (Å²) in [6.07, 6.45) is 2.81. The van der Waals surface area contributed by atoms with Crippen LogP contribution in [0.1, 0.15) is 40.9 Å². The van der Waals surface area contributed by atoms with Crippen LogP contribution >= 0.6 is 23.2 Å². The minimum absolute atomic E-state index is 0.0360. The van der Waals surface area contributed by atoms with Gasteiger partial charge in [0.05, 0.1) is 22.4 Å². The molecule has 1 heterocycles. The summed E-state index contributed by atoms with van der Waals surface area (Å²) in [5, 5.41) is 19.7. The molecule has 1 aromatic carbocycles. The maximum atomic E-state index is 12.7. The van der Waals surface area contributed by atoms with E-state index in [1.165, 1.54) is 6.07 Å². The number of hydrogen-bond donors (Lipinski definition) is 2. The van der Waals surface area contributed by atoms with Crippen LogP contribution in [0, 0.1) is 0 Å². The predicted molar refractivity (Wildman–Crippen MR) is 113 cm³/mol. The fourth-order valence-electron chi connectivity index (χ4n) is 3.88. The summed E-state index contributed by atoms with van der Waals surface area (Å²) in [5.74, 6) is -0.978. The average Bonchev–Trinajstić information content (AvgIpc) is 3.12. The number of carboxylic acid groups (broad SMARTS) is 1. The van der Waals surface area contributed by atoms with Crippen molar-refractivity contribution in [1.82, 2.24) is 9.47 Å². The Hall–Kier alpha value is -1.86. The van der Waals surface area contributed by atoms with Gasteiger partial charge < -0.3 is 14.8 Å². The molecule has 29 heavy (non-hydrogen) atoms. The number of pyridine rings is 1. The van der Waals surface area contributed by atoms with Crippen LogP contribution in [0.2, 0.25) is 10.0 Å². The van der Waals surface area contributed by atoms with Crippen LogP contribution in [-0.4, -0.2) is 44.8 Å². The summed E-state index contributed by atoms with van der Waals surface area (Å²) in [6, 6.07) is 8.07. The van der Waals surface area contributed by atoms with Crippen LogP contribution in [0.3, 0.4) is 0 Å². The van der Waals surface area contributed by atoms with Gasteiger partial charge in [0, 0.05) is 19.1 Å². The molecule has 0 amide bonds. The van der Waals surface area contributed by atoms with E-state index in [2.05, 4.69) is 0 Å². The first-order valence-corrected chi connectivity index (χ1v) is 10.3. The number of benzene rings is 1. The van der Waals surface area contributed by atoms with Crippen molar-refractivity contribution >= 4 is 29.2 Å². The van der Waals surface area contributed by atoms with E-state index in [9.17, 15) is 14.7 Å². The van der Waals surface area contributed by atoms with Gasteiger partial charge in [0.15, 0.2) is 0 Å². The fourth-order valence-corrected chi connectivity index (χ4v) is 4.42. The molecule has 1 saturated carbocycles. The van der Waals surface area contributed by atoms with E-state index < -0.39 is 5.97 Å². The summed E-state index contributed by atoms with van der Waals surface area (Å²) in [4.78, 5) is 25.7. The van der Waals surface area contributed by atoms with Crippen LogP contribution in [0.25, 0.3) is 0 Å². The first-order valence-electron chi connectivity index (χ1n) is 9.56. The maximum absolute atomic E-state index is 12.7. The zero-order chi connectivity index (χ0) is 21.1. The van der Waals surface area contributed by atoms with Gasteiger partial charge in [-0.3, -0.25) is 9.69 Å². The Kier molecular flexibility index (Phi) is 7.01. The summed E-state index contributed by atoms with van der Waals surface area (Å²) in [5.41, 5.74) is 1.47. The minimum atomic E-state index is -0.978. The monoisotopic (exact) mass is 438 g/mol. The number of carboxylic acids is 1. The van der Waals surface area contributed by atoms with Gasteiger partial charge in [0.25, 0.3) is 5.56 Å². The molecule has 0 spiro atoms. The van der Waals surface area contributed by atoms with Gasteiger partial charge in [-0.25, -0.2) is 4.79 Å². The topological polar surface area (TPSA) is 82.8 Å². The lowest BCUT2D eigenvalue weighted by Gasteiger charge is -2.28. The second-order valence-electron chi connectivity index (χ2n) is 7.48. The highest BCUT2D eigenvalue weighted by Crippen LogP contribution is 2.26. The number of aryl methyl sites for hydroxylation is 1. The Balaban J connectivity index is 1.83. The normalized spacial score (nSPS) is 19.1. The van der Waals surface area contributed by atoms with Gasteiger partial charge in [-0.1, -0.05) is 35.3 Å². The van der Waals surface area contributed by atoms with E-state index in [-0.39, 0.29) is 28.3 Å². The number of aromatic carboxylic acids is 1. The number of rotatable bonds is 7. The lowest BCUT2D eigenvalue weighted by Crippen LogP contribution is -2.39. The van der Waals surface area contributed by atoms with Crippen LogP contribution in [0.15, 0.2) is 35.1 Å². The third-order valence-corrected chi connectivity index (χ3v) is 6.14. The summed E-state index contributed by atoms with van der Waals surface area (Å²) >= 11 is 12.5. The number of hydrogen-bond acceptors (Lipinski definition) is 4. The second kappa shape index (κ2) is 9.30. The number of nitrogens with zero attached hydrogens (tertiary/aromatic N) is 2. The molecule has 0 bridgehead atoms. The molecular weight excluding hydrogens is 415 g/mol. The molecule has 3 rings (SSSR count). The Morgan fingerprint density at radius 3 is 2.48 bits per heavy atom. The van der Waals surface area contributed by atoms with Crippen LogP contribution in [0.5, 0.6) is 0 Å². The molecule has 2 N–H and O–H groups in total. The molecule has 2 atom stereocenters. The molecule has 2 aromatic rings. The summed E-state index contributed by atoms with van der Waals surface area (Å²) in [7, 11) is 1.92. The fraction of sp³-hybridized carbons (Fsp3) is 0.429. The molecule has 1 aromatic heterocycles. The molecule has 0 radical (unpaired) electrons. The maximum Gasteiger partial charge on any atom is 0.335 e. The molecule has 8 heteroatoms. The van der Waals surface area contributed by atoms with Crippen LogP contribution < -0.4 is 5.56 Å². The molecule has 0 aliphatic heterocycles. The Labute approximate surface area is 179 Å². The Morgan fingerprint density at radius 2 is 1.90 bits per heavy atom. The highest BCUT2D eigenvalue weighted by atomic mass is 35.5. The summed E-state index contributed by atoms with van der Waals surface area (Å²) in [6.45, 7) is 0.785. The van der Waals surface area contributed by atoms with Gasteiger partial charge >= 0.3 is 5.97 Å². The molecule has 1 fully saturated rings. The zero-order valence-electron chi connectivity index (χ0n) is 16.1. The SMILES string of the molecule is CN(Cc1c(Cl)cc(Cl)c(=O)n1CCc1ccc(C(=O)O)cc1)[C@@H]1CCC[C@H]1O. The van der Waals surface area contributed by atoms with E-state index in [4.69, 9.17) is 28.3 Å². The van der Waals surface area contributed by atoms with Crippen molar-refractivity contribution < 1.29 is 15.0 Å². The number of carbonyl (C=O) groups is 1. The molecular formula is C21H24Cl2N2O4. The predicted octanol–water partition coefficient (Wildman–Crippen LogP) is 3.44. The zero-order valence-corrected chi connectivity index (χ0v) is 17.7. The van der Waals surface area contributed by atoms with Crippen LogP contribution in [0.4, 0.5) is 0 Å². The lowest BCUT2D eigenvalue weighted by molar-refractivity contribution is 0.0696. The van der Waals surface area contributed by atoms with Crippen molar-refractivity contribution in [1.29, 1.82) is 0 Å². The highest BCUT2D eigenvalue weighted by Gasteiger charge is 2.29. The second-order valence-corrected chi connectivity index (χ2v) is 8.29. The number of aromatic nitrogens is 1.